The fraction of sp³-hybridized carbons (Fsp3) is 0.0145. The third-order valence-electron chi connectivity index (χ3n) is 14.6. The van der Waals surface area contributed by atoms with E-state index < -0.39 is 5.41 Å². The highest BCUT2D eigenvalue weighted by Gasteiger charge is 2.46. The molecule has 0 atom stereocenters. The second-order valence-corrected chi connectivity index (χ2v) is 18.3. The molecule has 1 nitrogen and oxygen atoms in total. The number of benzene rings is 12. The number of nitrogens with zero attached hydrogens (tertiary/aromatic N) is 1. The fourth-order valence-corrected chi connectivity index (χ4v) is 11.6. The first kappa shape index (κ1) is 41.2. The van der Waals surface area contributed by atoms with E-state index in [2.05, 4.69) is 290 Å². The molecule has 328 valence electrons. The number of para-hydroxylation sites is 2. The number of hydrogen-bond donors (Lipinski definition) is 0. The van der Waals surface area contributed by atoms with Crippen LogP contribution >= 0.6 is 0 Å². The molecule has 0 spiro atoms. The zero-order chi connectivity index (χ0) is 46.4. The Morgan fingerprint density at radius 2 is 0.700 bits per heavy atom. The second-order valence-electron chi connectivity index (χ2n) is 18.3. The van der Waals surface area contributed by atoms with Gasteiger partial charge in [-0.15, -0.1) is 0 Å². The lowest BCUT2D eigenvalue weighted by Gasteiger charge is -2.34. The van der Waals surface area contributed by atoms with E-state index in [4.69, 9.17) is 0 Å². The molecule has 0 amide bonds. The molecule has 0 bridgehead atoms. The Kier molecular flexibility index (Phi) is 10.1. The van der Waals surface area contributed by atoms with Crippen molar-refractivity contribution in [3.63, 3.8) is 0 Å². The van der Waals surface area contributed by atoms with Crippen molar-refractivity contribution in [1.29, 1.82) is 0 Å². The van der Waals surface area contributed by atoms with E-state index in [1.165, 1.54) is 88.3 Å². The fourth-order valence-electron chi connectivity index (χ4n) is 11.6. The Morgan fingerprint density at radius 1 is 0.257 bits per heavy atom. The van der Waals surface area contributed by atoms with E-state index in [9.17, 15) is 0 Å². The van der Waals surface area contributed by atoms with Gasteiger partial charge in [0.1, 0.15) is 0 Å². The summed E-state index contributed by atoms with van der Waals surface area (Å²) in [6.45, 7) is 0. The summed E-state index contributed by atoms with van der Waals surface area (Å²) in [4.78, 5) is 2.49. The summed E-state index contributed by atoms with van der Waals surface area (Å²) < 4.78 is 0. The van der Waals surface area contributed by atoms with Crippen LogP contribution in [0.5, 0.6) is 0 Å². The summed E-state index contributed by atoms with van der Waals surface area (Å²) in [7, 11) is 0. The molecule has 0 aromatic heterocycles. The molecule has 0 heterocycles. The maximum Gasteiger partial charge on any atom is 0.0713 e. The monoisotopic (exact) mass is 889 g/mol. The quantitative estimate of drug-likeness (QED) is 0.140. The molecule has 13 rings (SSSR count). The topological polar surface area (TPSA) is 3.24 Å². The smallest absolute Gasteiger partial charge is 0.0713 e. The van der Waals surface area contributed by atoms with Crippen molar-refractivity contribution in [2.75, 3.05) is 4.90 Å². The SMILES string of the molecule is c1ccc(-c2cccc3cccc(-c4ccccc4N(c4ccc(-c5cccc6c5-c5ccccc5C6(c5ccccc5)c5ccccc5)cc4)c4ccccc4-c4cccc5ccccc45)c23)cc1. The van der Waals surface area contributed by atoms with Gasteiger partial charge in [-0.1, -0.05) is 261 Å². The number of fused-ring (bicyclic) bond motifs is 5. The Labute approximate surface area is 409 Å². The highest BCUT2D eigenvalue weighted by atomic mass is 15.1. The molecule has 1 heteroatoms. The first-order chi connectivity index (χ1) is 34.8. The summed E-state index contributed by atoms with van der Waals surface area (Å²) in [6.07, 6.45) is 0. The highest BCUT2D eigenvalue weighted by molar-refractivity contribution is 6.10. The lowest BCUT2D eigenvalue weighted by molar-refractivity contribution is 0.768. The molecule has 12 aromatic rings. The zero-order valence-corrected chi connectivity index (χ0v) is 38.6. The Hall–Kier alpha value is -9.04. The van der Waals surface area contributed by atoms with Gasteiger partial charge in [-0.2, -0.15) is 0 Å². The van der Waals surface area contributed by atoms with Gasteiger partial charge in [0.05, 0.1) is 16.8 Å². The van der Waals surface area contributed by atoms with E-state index >= 15 is 0 Å². The second kappa shape index (κ2) is 17.2. The molecular formula is C69H47N. The average molecular weight is 890 g/mol. The van der Waals surface area contributed by atoms with Crippen LogP contribution in [0.2, 0.25) is 0 Å². The van der Waals surface area contributed by atoms with Crippen LogP contribution in [0, 0.1) is 0 Å². The van der Waals surface area contributed by atoms with Crippen LogP contribution in [-0.2, 0) is 5.41 Å². The third kappa shape index (κ3) is 6.62. The van der Waals surface area contributed by atoms with Gasteiger partial charge in [-0.25, -0.2) is 0 Å². The number of rotatable bonds is 9. The molecule has 70 heavy (non-hydrogen) atoms. The Balaban J connectivity index is 1.03. The minimum atomic E-state index is -0.474. The first-order valence-electron chi connectivity index (χ1n) is 24.3. The summed E-state index contributed by atoms with van der Waals surface area (Å²) in [5, 5.41) is 4.89. The molecule has 0 aliphatic heterocycles. The van der Waals surface area contributed by atoms with Gasteiger partial charge >= 0.3 is 0 Å². The van der Waals surface area contributed by atoms with Crippen LogP contribution < -0.4 is 4.90 Å². The van der Waals surface area contributed by atoms with E-state index in [0.717, 1.165) is 28.2 Å². The van der Waals surface area contributed by atoms with E-state index in [1.54, 1.807) is 0 Å². The van der Waals surface area contributed by atoms with Crippen LogP contribution in [0.3, 0.4) is 0 Å². The molecule has 0 saturated carbocycles. The third-order valence-corrected chi connectivity index (χ3v) is 14.6. The van der Waals surface area contributed by atoms with E-state index in [-0.39, 0.29) is 0 Å². The van der Waals surface area contributed by atoms with Gasteiger partial charge in [-0.05, 0) is 113 Å². The van der Waals surface area contributed by atoms with Gasteiger partial charge in [0.2, 0.25) is 0 Å². The van der Waals surface area contributed by atoms with Crippen molar-refractivity contribution in [3.8, 4) is 55.6 Å². The molecule has 1 aliphatic carbocycles. The van der Waals surface area contributed by atoms with Crippen molar-refractivity contribution in [3.05, 3.63) is 307 Å². The van der Waals surface area contributed by atoms with Gasteiger partial charge in [-0.3, -0.25) is 0 Å². The highest BCUT2D eigenvalue weighted by Crippen LogP contribution is 2.58. The van der Waals surface area contributed by atoms with Crippen molar-refractivity contribution in [1.82, 2.24) is 0 Å². The normalized spacial score (nSPS) is 12.4. The number of hydrogen-bond acceptors (Lipinski definition) is 1. The van der Waals surface area contributed by atoms with Crippen LogP contribution in [0.4, 0.5) is 17.1 Å². The van der Waals surface area contributed by atoms with Crippen LogP contribution in [-0.4, -0.2) is 0 Å². The minimum absolute atomic E-state index is 0.474. The van der Waals surface area contributed by atoms with Gasteiger partial charge in [0, 0.05) is 16.8 Å². The van der Waals surface area contributed by atoms with Crippen molar-refractivity contribution >= 4 is 38.6 Å². The van der Waals surface area contributed by atoms with Crippen molar-refractivity contribution < 1.29 is 0 Å². The van der Waals surface area contributed by atoms with Gasteiger partial charge < -0.3 is 4.90 Å². The summed E-state index contributed by atoms with van der Waals surface area (Å²) in [5.74, 6) is 0. The van der Waals surface area contributed by atoms with Crippen LogP contribution in [0.25, 0.3) is 77.2 Å². The van der Waals surface area contributed by atoms with Crippen LogP contribution in [0.1, 0.15) is 22.3 Å². The predicted molar refractivity (Wildman–Crippen MR) is 295 cm³/mol. The van der Waals surface area contributed by atoms with E-state index in [1.807, 2.05) is 0 Å². The molecule has 1 aliphatic rings. The van der Waals surface area contributed by atoms with Gasteiger partial charge in [0.15, 0.2) is 0 Å². The maximum absolute atomic E-state index is 2.49. The summed E-state index contributed by atoms with van der Waals surface area (Å²) in [6, 6.07) is 105. The first-order valence-corrected chi connectivity index (χ1v) is 24.3. The average Bonchev–Trinajstić information content (AvgIpc) is 3.75. The molecule has 0 radical (unpaired) electrons. The molecule has 0 N–H and O–H groups in total. The molecule has 12 aromatic carbocycles. The lowest BCUT2D eigenvalue weighted by Crippen LogP contribution is -2.28. The lowest BCUT2D eigenvalue weighted by atomic mass is 9.67. The van der Waals surface area contributed by atoms with Gasteiger partial charge in [0.25, 0.3) is 0 Å². The van der Waals surface area contributed by atoms with E-state index in [0.29, 0.717) is 0 Å². The molecule has 0 fully saturated rings. The Morgan fingerprint density at radius 3 is 1.39 bits per heavy atom. The Bertz CT molecular complexity index is 3820. The minimum Gasteiger partial charge on any atom is -0.309 e. The molecular weight excluding hydrogens is 843 g/mol. The standard InChI is InChI=1S/C69H47N/c1-4-22-49(23-5-1)56-36-19-26-51-27-20-39-61(67(51)56)60-34-14-17-43-66(60)70(65-42-16-13-33-59(65)58-38-18-25-48-24-10-11-32-55(48)58)54-46-44-50(45-47-54)57-37-21-41-64-68(57)62-35-12-15-40-63(62)69(64,52-28-6-2-7-29-52)53-30-8-3-9-31-53/h1-47H. The van der Waals surface area contributed by atoms with Crippen molar-refractivity contribution in [2.24, 2.45) is 0 Å². The summed E-state index contributed by atoms with van der Waals surface area (Å²) in [5.41, 5.74) is 20.0. The maximum atomic E-state index is 2.49. The predicted octanol–water partition coefficient (Wildman–Crippen LogP) is 18.5. The molecule has 0 saturated heterocycles. The number of anilines is 3. The van der Waals surface area contributed by atoms with Crippen molar-refractivity contribution in [2.45, 2.75) is 5.41 Å². The zero-order valence-electron chi connectivity index (χ0n) is 38.6. The largest absolute Gasteiger partial charge is 0.309 e. The summed E-state index contributed by atoms with van der Waals surface area (Å²) >= 11 is 0. The molecule has 0 unspecified atom stereocenters. The van der Waals surface area contributed by atoms with Crippen LogP contribution in [0.15, 0.2) is 285 Å².